The van der Waals surface area contributed by atoms with Crippen LogP contribution in [0.2, 0.25) is 5.02 Å². The number of likely N-dealkylation sites (tertiary alicyclic amines) is 1. The summed E-state index contributed by atoms with van der Waals surface area (Å²) >= 11 is 7.32. The molecule has 0 bridgehead atoms. The lowest BCUT2D eigenvalue weighted by atomic mass is 9.90. The van der Waals surface area contributed by atoms with Gasteiger partial charge in [-0.3, -0.25) is 9.69 Å². The van der Waals surface area contributed by atoms with Crippen molar-refractivity contribution in [2.75, 3.05) is 32.1 Å². The van der Waals surface area contributed by atoms with Crippen LogP contribution in [0.4, 0.5) is 5.00 Å². The van der Waals surface area contributed by atoms with E-state index in [1.807, 2.05) is 23.6 Å². The Balaban J connectivity index is 1.37. The van der Waals surface area contributed by atoms with Gasteiger partial charge in [-0.1, -0.05) is 54.1 Å². The summed E-state index contributed by atoms with van der Waals surface area (Å²) in [7, 11) is 1.34. The molecule has 1 saturated heterocycles. The number of nitrogens with one attached hydrogen (secondary N) is 1. The van der Waals surface area contributed by atoms with E-state index in [1.165, 1.54) is 24.0 Å². The molecule has 1 aliphatic rings. The van der Waals surface area contributed by atoms with Crippen LogP contribution in [0.1, 0.15) is 28.8 Å². The fourth-order valence-corrected chi connectivity index (χ4v) is 5.36. The van der Waals surface area contributed by atoms with Crippen molar-refractivity contribution >= 4 is 39.8 Å². The molecular weight excluding hydrogens is 456 g/mol. The fraction of sp³-hybridized carbons (Fsp3) is 0.308. The minimum Gasteiger partial charge on any atom is -0.465 e. The first-order valence-corrected chi connectivity index (χ1v) is 12.3. The number of benzene rings is 2. The van der Waals surface area contributed by atoms with Gasteiger partial charge in [0.25, 0.3) is 0 Å². The second-order valence-electron chi connectivity index (χ2n) is 8.31. The second kappa shape index (κ2) is 11.0. The number of piperidine rings is 1. The van der Waals surface area contributed by atoms with Gasteiger partial charge in [0.05, 0.1) is 13.7 Å². The molecule has 1 N–H and O–H groups in total. The molecule has 4 rings (SSSR count). The number of esters is 1. The van der Waals surface area contributed by atoms with Crippen LogP contribution in [-0.4, -0.2) is 43.5 Å². The smallest absolute Gasteiger partial charge is 0.341 e. The summed E-state index contributed by atoms with van der Waals surface area (Å²) in [5.74, 6) is 0.0567. The highest BCUT2D eigenvalue weighted by molar-refractivity contribution is 7.15. The number of halogens is 1. The summed E-state index contributed by atoms with van der Waals surface area (Å²) in [5.41, 5.74) is 3.32. The topological polar surface area (TPSA) is 58.6 Å². The van der Waals surface area contributed by atoms with Crippen molar-refractivity contribution in [2.45, 2.75) is 19.3 Å². The molecule has 172 valence electrons. The highest BCUT2D eigenvalue weighted by atomic mass is 35.5. The standard InChI is InChI=1S/C26H27ClN2O3S/c1-32-26(31)24-22(20-7-9-21(27)10-8-20)17-33-25(24)28-23(30)16-29-13-11-19(12-14-29)15-18-5-3-2-4-6-18/h2-10,17,19H,11-16H2,1H3,(H,28,30). The first kappa shape index (κ1) is 23.5. The first-order chi connectivity index (χ1) is 16.0. The lowest BCUT2D eigenvalue weighted by Crippen LogP contribution is -2.39. The van der Waals surface area contributed by atoms with Gasteiger partial charge in [-0.15, -0.1) is 11.3 Å². The third-order valence-electron chi connectivity index (χ3n) is 6.03. The number of ether oxygens (including phenoxy) is 1. The van der Waals surface area contributed by atoms with Gasteiger partial charge in [0.1, 0.15) is 10.6 Å². The average molecular weight is 483 g/mol. The Hall–Kier alpha value is -2.67. The van der Waals surface area contributed by atoms with Crippen molar-refractivity contribution in [3.8, 4) is 11.1 Å². The van der Waals surface area contributed by atoms with Crippen molar-refractivity contribution in [1.82, 2.24) is 4.90 Å². The molecule has 0 atom stereocenters. The monoisotopic (exact) mass is 482 g/mol. The average Bonchev–Trinajstić information content (AvgIpc) is 3.24. The highest BCUT2D eigenvalue weighted by Gasteiger charge is 2.24. The zero-order valence-corrected chi connectivity index (χ0v) is 20.1. The third kappa shape index (κ3) is 6.02. The van der Waals surface area contributed by atoms with Gasteiger partial charge < -0.3 is 10.1 Å². The van der Waals surface area contributed by atoms with Crippen molar-refractivity contribution in [3.63, 3.8) is 0 Å². The minimum atomic E-state index is -0.474. The Bertz CT molecular complexity index is 1090. The molecule has 2 aromatic carbocycles. The molecule has 0 aliphatic carbocycles. The SMILES string of the molecule is COC(=O)c1c(-c2ccc(Cl)cc2)csc1NC(=O)CN1CCC(Cc2ccccc2)CC1. The van der Waals surface area contributed by atoms with Crippen LogP contribution in [0.25, 0.3) is 11.1 Å². The lowest BCUT2D eigenvalue weighted by Gasteiger charge is -2.31. The molecule has 0 unspecified atom stereocenters. The van der Waals surface area contributed by atoms with E-state index < -0.39 is 5.97 Å². The van der Waals surface area contributed by atoms with Crippen LogP contribution in [0.15, 0.2) is 60.0 Å². The summed E-state index contributed by atoms with van der Waals surface area (Å²) in [6.45, 7) is 2.11. The Labute approximate surface area is 203 Å². The molecule has 1 aromatic heterocycles. The number of anilines is 1. The van der Waals surface area contributed by atoms with E-state index in [-0.39, 0.29) is 5.91 Å². The molecule has 7 heteroatoms. The quantitative estimate of drug-likeness (QED) is 0.436. The maximum Gasteiger partial charge on any atom is 0.341 e. The fourth-order valence-electron chi connectivity index (χ4n) is 4.26. The number of thiophene rings is 1. The zero-order chi connectivity index (χ0) is 23.2. The number of hydrogen-bond donors (Lipinski definition) is 1. The maximum absolute atomic E-state index is 12.8. The second-order valence-corrected chi connectivity index (χ2v) is 9.63. The van der Waals surface area contributed by atoms with Crippen LogP contribution < -0.4 is 5.32 Å². The number of methoxy groups -OCH3 is 1. The predicted octanol–water partition coefficient (Wildman–Crippen LogP) is 5.75. The summed E-state index contributed by atoms with van der Waals surface area (Å²) in [6.07, 6.45) is 3.25. The molecule has 2 heterocycles. The molecule has 1 fully saturated rings. The number of rotatable bonds is 7. The molecule has 0 radical (unpaired) electrons. The molecule has 5 nitrogen and oxygen atoms in total. The number of amides is 1. The van der Waals surface area contributed by atoms with Gasteiger partial charge in [0.2, 0.25) is 5.91 Å². The van der Waals surface area contributed by atoms with E-state index in [0.29, 0.717) is 28.0 Å². The number of carbonyl (C=O) groups excluding carboxylic acids is 2. The van der Waals surface area contributed by atoms with Gasteiger partial charge >= 0.3 is 5.97 Å². The molecule has 1 aliphatic heterocycles. The Morgan fingerprint density at radius 1 is 1.09 bits per heavy atom. The van der Waals surface area contributed by atoms with Crippen LogP contribution >= 0.6 is 22.9 Å². The molecule has 0 saturated carbocycles. The van der Waals surface area contributed by atoms with E-state index in [1.54, 1.807) is 12.1 Å². The van der Waals surface area contributed by atoms with Crippen molar-refractivity contribution < 1.29 is 14.3 Å². The van der Waals surface area contributed by atoms with E-state index in [4.69, 9.17) is 16.3 Å². The van der Waals surface area contributed by atoms with Gasteiger partial charge in [0, 0.05) is 16.0 Å². The molecule has 0 spiro atoms. The summed E-state index contributed by atoms with van der Waals surface area (Å²) < 4.78 is 4.99. The number of carbonyl (C=O) groups is 2. The molecule has 33 heavy (non-hydrogen) atoms. The Kier molecular flexibility index (Phi) is 7.81. The van der Waals surface area contributed by atoms with Crippen LogP contribution in [0.5, 0.6) is 0 Å². The Morgan fingerprint density at radius 3 is 2.45 bits per heavy atom. The summed E-state index contributed by atoms with van der Waals surface area (Å²) in [6, 6.07) is 17.8. The van der Waals surface area contributed by atoms with E-state index in [2.05, 4.69) is 34.5 Å². The van der Waals surface area contributed by atoms with Gasteiger partial charge in [-0.2, -0.15) is 0 Å². The largest absolute Gasteiger partial charge is 0.465 e. The van der Waals surface area contributed by atoms with Crippen molar-refractivity contribution in [2.24, 2.45) is 5.92 Å². The number of hydrogen-bond acceptors (Lipinski definition) is 5. The van der Waals surface area contributed by atoms with E-state index >= 15 is 0 Å². The van der Waals surface area contributed by atoms with Crippen LogP contribution in [0.3, 0.4) is 0 Å². The Morgan fingerprint density at radius 2 is 1.79 bits per heavy atom. The zero-order valence-electron chi connectivity index (χ0n) is 18.6. The van der Waals surface area contributed by atoms with Gasteiger partial charge in [0.15, 0.2) is 0 Å². The summed E-state index contributed by atoms with van der Waals surface area (Å²) in [5, 5.41) is 5.93. The third-order valence-corrected chi connectivity index (χ3v) is 7.18. The van der Waals surface area contributed by atoms with E-state index in [0.717, 1.165) is 43.5 Å². The molecule has 3 aromatic rings. The van der Waals surface area contributed by atoms with Gasteiger partial charge in [-0.05, 0) is 61.5 Å². The number of nitrogens with zero attached hydrogens (tertiary/aromatic N) is 1. The van der Waals surface area contributed by atoms with E-state index in [9.17, 15) is 9.59 Å². The van der Waals surface area contributed by atoms with Crippen molar-refractivity contribution in [1.29, 1.82) is 0 Å². The molecule has 1 amide bonds. The van der Waals surface area contributed by atoms with Crippen LogP contribution in [0, 0.1) is 5.92 Å². The lowest BCUT2D eigenvalue weighted by molar-refractivity contribution is -0.117. The van der Waals surface area contributed by atoms with Crippen molar-refractivity contribution in [3.05, 3.63) is 76.1 Å². The van der Waals surface area contributed by atoms with Crippen LogP contribution in [-0.2, 0) is 16.0 Å². The normalized spacial score (nSPS) is 14.7. The predicted molar refractivity (Wildman–Crippen MR) is 134 cm³/mol. The highest BCUT2D eigenvalue weighted by Crippen LogP contribution is 2.36. The molecular formula is C26H27ClN2O3S. The summed E-state index contributed by atoms with van der Waals surface area (Å²) in [4.78, 5) is 27.5. The van der Waals surface area contributed by atoms with Gasteiger partial charge in [-0.25, -0.2) is 4.79 Å². The minimum absolute atomic E-state index is 0.119. The maximum atomic E-state index is 12.8. The first-order valence-electron chi connectivity index (χ1n) is 11.1.